The normalized spacial score (nSPS) is 12.2. The fourth-order valence-electron chi connectivity index (χ4n) is 0.639. The van der Waals surface area contributed by atoms with Crippen LogP contribution >= 0.6 is 0 Å². The van der Waals surface area contributed by atoms with Crippen LogP contribution in [-0.4, -0.2) is 16.7 Å². The number of carbonyl (C=O) groups excluding carboxylic acids is 1. The lowest BCUT2D eigenvalue weighted by atomic mass is 10.1. The van der Waals surface area contributed by atoms with Gasteiger partial charge in [-0.25, -0.2) is 0 Å². The molecule has 4 heteroatoms. The van der Waals surface area contributed by atoms with E-state index in [1.165, 1.54) is 13.8 Å². The van der Waals surface area contributed by atoms with Crippen LogP contribution in [0, 0.1) is 5.41 Å². The van der Waals surface area contributed by atoms with Crippen LogP contribution in [-0.2, 0) is 4.79 Å². The van der Waals surface area contributed by atoms with Gasteiger partial charge >= 0.3 is 0 Å². The smallest absolute Gasteiger partial charge is 0.166 e. The van der Waals surface area contributed by atoms with Crippen molar-refractivity contribution in [3.8, 4) is 0 Å². The standard InChI is InChI=1S/C6H10N2O2/c1-3(9)5(4(2)10)6(7)8/h9H,1-2H3,(H3,7,8). The molecule has 0 aromatic carbocycles. The SMILES string of the molecule is CC(=O)C(C(=N)N)=C(C)O. The first-order chi connectivity index (χ1) is 4.46. The zero-order valence-corrected chi connectivity index (χ0v) is 5.93. The number of allylic oxidation sites excluding steroid dienone is 1. The summed E-state index contributed by atoms with van der Waals surface area (Å²) in [5, 5.41) is 15.6. The minimum Gasteiger partial charge on any atom is -0.512 e. The minimum absolute atomic E-state index is 0.111. The van der Waals surface area contributed by atoms with Gasteiger partial charge in [0.1, 0.15) is 11.6 Å². The van der Waals surface area contributed by atoms with Crippen molar-refractivity contribution in [2.24, 2.45) is 5.73 Å². The molecule has 0 unspecified atom stereocenters. The van der Waals surface area contributed by atoms with Crippen LogP contribution in [0.4, 0.5) is 0 Å². The van der Waals surface area contributed by atoms with Crippen LogP contribution in [0.25, 0.3) is 0 Å². The second-order valence-corrected chi connectivity index (χ2v) is 1.93. The van der Waals surface area contributed by atoms with Gasteiger partial charge in [0, 0.05) is 0 Å². The third-order valence-corrected chi connectivity index (χ3v) is 0.983. The molecule has 10 heavy (non-hydrogen) atoms. The molecule has 0 aromatic rings. The molecular weight excluding hydrogens is 132 g/mol. The van der Waals surface area contributed by atoms with E-state index in [2.05, 4.69) is 0 Å². The van der Waals surface area contributed by atoms with E-state index in [4.69, 9.17) is 16.2 Å². The van der Waals surface area contributed by atoms with Gasteiger partial charge in [-0.05, 0) is 13.8 Å². The number of aliphatic hydroxyl groups is 1. The van der Waals surface area contributed by atoms with E-state index in [1.54, 1.807) is 0 Å². The molecule has 4 N–H and O–H groups in total. The third-order valence-electron chi connectivity index (χ3n) is 0.983. The third kappa shape index (κ3) is 1.89. The number of Topliss-reactive ketones (excluding diaryl/α,β-unsaturated/α-hetero) is 1. The molecule has 0 aliphatic carbocycles. The van der Waals surface area contributed by atoms with E-state index in [-0.39, 0.29) is 11.3 Å². The Labute approximate surface area is 58.9 Å². The van der Waals surface area contributed by atoms with Gasteiger partial charge in [-0.15, -0.1) is 0 Å². The monoisotopic (exact) mass is 142 g/mol. The number of ketones is 1. The molecule has 0 saturated heterocycles. The number of nitrogens with one attached hydrogen (secondary N) is 1. The summed E-state index contributed by atoms with van der Waals surface area (Å²) in [7, 11) is 0. The predicted molar refractivity (Wildman–Crippen MR) is 37.9 cm³/mol. The van der Waals surface area contributed by atoms with Gasteiger partial charge in [-0.3, -0.25) is 10.2 Å². The molecule has 0 aliphatic heterocycles. The molecule has 4 nitrogen and oxygen atoms in total. The Morgan fingerprint density at radius 1 is 1.50 bits per heavy atom. The van der Waals surface area contributed by atoms with Crippen molar-refractivity contribution in [3.63, 3.8) is 0 Å². The van der Waals surface area contributed by atoms with Crippen molar-refractivity contribution in [2.75, 3.05) is 0 Å². The first kappa shape index (κ1) is 8.68. The summed E-state index contributed by atoms with van der Waals surface area (Å²) in [4.78, 5) is 10.6. The first-order valence-electron chi connectivity index (χ1n) is 2.72. The molecule has 0 rings (SSSR count). The highest BCUT2D eigenvalue weighted by Gasteiger charge is 2.10. The van der Waals surface area contributed by atoms with Gasteiger partial charge in [0.05, 0.1) is 5.57 Å². The van der Waals surface area contributed by atoms with Crippen LogP contribution in [0.1, 0.15) is 13.8 Å². The fourth-order valence-corrected chi connectivity index (χ4v) is 0.639. The summed E-state index contributed by atoms with van der Waals surface area (Å²) < 4.78 is 0. The number of nitrogens with two attached hydrogens (primary N) is 1. The number of carbonyl (C=O) groups is 1. The predicted octanol–water partition coefficient (Wildman–Crippen LogP) is 0.343. The van der Waals surface area contributed by atoms with Crippen molar-refractivity contribution < 1.29 is 9.90 Å². The summed E-state index contributed by atoms with van der Waals surface area (Å²) in [5.74, 6) is -1.000. The number of aliphatic hydroxyl groups excluding tert-OH is 1. The number of hydrogen-bond donors (Lipinski definition) is 3. The molecular formula is C6H10N2O2. The van der Waals surface area contributed by atoms with Gasteiger partial charge in [0.25, 0.3) is 0 Å². The summed E-state index contributed by atoms with van der Waals surface area (Å²) in [5.41, 5.74) is 4.87. The second kappa shape index (κ2) is 3.00. The van der Waals surface area contributed by atoms with Gasteiger partial charge < -0.3 is 10.8 Å². The van der Waals surface area contributed by atoms with Crippen LogP contribution in [0.3, 0.4) is 0 Å². The van der Waals surface area contributed by atoms with Crippen LogP contribution in [0.15, 0.2) is 11.3 Å². The maximum Gasteiger partial charge on any atom is 0.166 e. The molecule has 0 fully saturated rings. The lowest BCUT2D eigenvalue weighted by molar-refractivity contribution is -0.113. The average molecular weight is 142 g/mol. The fraction of sp³-hybridized carbons (Fsp3) is 0.333. The number of hydrogen-bond acceptors (Lipinski definition) is 3. The van der Waals surface area contributed by atoms with E-state index in [9.17, 15) is 4.79 Å². The molecule has 0 amide bonds. The second-order valence-electron chi connectivity index (χ2n) is 1.93. The van der Waals surface area contributed by atoms with Gasteiger partial charge in [0.15, 0.2) is 5.78 Å². The highest BCUT2D eigenvalue weighted by molar-refractivity contribution is 6.19. The average Bonchev–Trinajstić information content (AvgIpc) is 1.59. The lowest BCUT2D eigenvalue weighted by Gasteiger charge is -2.00. The summed E-state index contributed by atoms with van der Waals surface area (Å²) in [6.07, 6.45) is 0. The van der Waals surface area contributed by atoms with Gasteiger partial charge in [-0.2, -0.15) is 0 Å². The Bertz CT molecular complexity index is 186. The molecule has 0 heterocycles. The van der Waals surface area contributed by atoms with Crippen molar-refractivity contribution in [2.45, 2.75) is 13.8 Å². The molecule has 0 bridgehead atoms. The molecule has 0 radical (unpaired) electrons. The highest BCUT2D eigenvalue weighted by atomic mass is 16.3. The van der Waals surface area contributed by atoms with Gasteiger partial charge in [-0.1, -0.05) is 0 Å². The highest BCUT2D eigenvalue weighted by Crippen LogP contribution is 2.00. The van der Waals surface area contributed by atoms with Gasteiger partial charge in [0.2, 0.25) is 0 Å². The maximum atomic E-state index is 10.6. The topological polar surface area (TPSA) is 87.2 Å². The van der Waals surface area contributed by atoms with E-state index < -0.39 is 11.6 Å². The van der Waals surface area contributed by atoms with Crippen LogP contribution < -0.4 is 5.73 Å². The van der Waals surface area contributed by atoms with E-state index in [1.807, 2.05) is 0 Å². The van der Waals surface area contributed by atoms with Crippen molar-refractivity contribution in [3.05, 3.63) is 11.3 Å². The van der Waals surface area contributed by atoms with Crippen molar-refractivity contribution in [1.82, 2.24) is 0 Å². The van der Waals surface area contributed by atoms with Crippen molar-refractivity contribution >= 4 is 11.6 Å². The zero-order chi connectivity index (χ0) is 8.31. The summed E-state index contributed by atoms with van der Waals surface area (Å²) in [6.45, 7) is 2.56. The molecule has 0 aromatic heterocycles. The van der Waals surface area contributed by atoms with E-state index in [0.29, 0.717) is 0 Å². The molecule has 56 valence electrons. The molecule has 0 aliphatic rings. The maximum absolute atomic E-state index is 10.6. The van der Waals surface area contributed by atoms with E-state index in [0.717, 1.165) is 0 Å². The Morgan fingerprint density at radius 3 is 1.90 bits per heavy atom. The Morgan fingerprint density at radius 2 is 1.90 bits per heavy atom. The lowest BCUT2D eigenvalue weighted by Crippen LogP contribution is -2.19. The number of amidine groups is 1. The quantitative estimate of drug-likeness (QED) is 0.225. The molecule has 0 atom stereocenters. The summed E-state index contributed by atoms with van der Waals surface area (Å²) in [6, 6.07) is 0. The zero-order valence-electron chi connectivity index (χ0n) is 5.93. The van der Waals surface area contributed by atoms with Crippen molar-refractivity contribution in [1.29, 1.82) is 5.41 Å². The summed E-state index contributed by atoms with van der Waals surface area (Å²) >= 11 is 0. The molecule has 0 spiro atoms. The Balaban J connectivity index is 4.79. The minimum atomic E-state index is -0.396. The molecule has 0 saturated carbocycles. The number of rotatable bonds is 2. The largest absolute Gasteiger partial charge is 0.512 e. The van der Waals surface area contributed by atoms with E-state index >= 15 is 0 Å². The Kier molecular flexibility index (Phi) is 2.61. The van der Waals surface area contributed by atoms with Crippen LogP contribution in [0.2, 0.25) is 0 Å². The Hall–Kier alpha value is -1.32. The first-order valence-corrected chi connectivity index (χ1v) is 2.72. The van der Waals surface area contributed by atoms with Crippen LogP contribution in [0.5, 0.6) is 0 Å².